The molecule has 0 aliphatic heterocycles. The highest BCUT2D eigenvalue weighted by molar-refractivity contribution is 6.32. The molecule has 2 aromatic carbocycles. The van der Waals surface area contributed by atoms with Crippen molar-refractivity contribution in [1.29, 1.82) is 0 Å². The number of hydrogen-bond donors (Lipinski definition) is 1. The monoisotopic (exact) mass is 410 g/mol. The highest BCUT2D eigenvalue weighted by Crippen LogP contribution is 2.24. The highest BCUT2D eigenvalue weighted by atomic mass is 35.5. The van der Waals surface area contributed by atoms with Crippen LogP contribution in [0.3, 0.4) is 0 Å². The van der Waals surface area contributed by atoms with Crippen molar-refractivity contribution in [3.8, 4) is 5.75 Å². The summed E-state index contributed by atoms with van der Waals surface area (Å²) >= 11 is 5.88. The molecule has 0 spiro atoms. The molecule has 3 rings (SSSR count). The van der Waals surface area contributed by atoms with Gasteiger partial charge in [0.15, 0.2) is 6.61 Å². The summed E-state index contributed by atoms with van der Waals surface area (Å²) in [6.07, 6.45) is 1.46. The Morgan fingerprint density at radius 2 is 1.69 bits per heavy atom. The molecule has 0 fully saturated rings. The number of benzene rings is 2. The predicted octanol–water partition coefficient (Wildman–Crippen LogP) is 3.81. The average Bonchev–Trinajstić information content (AvgIpc) is 2.77. The Labute approximate surface area is 173 Å². The van der Waals surface area contributed by atoms with Gasteiger partial charge in [0, 0.05) is 6.20 Å². The number of rotatable bonds is 7. The Morgan fingerprint density at radius 3 is 2.34 bits per heavy atom. The second-order valence-electron chi connectivity index (χ2n) is 6.10. The lowest BCUT2D eigenvalue weighted by molar-refractivity contribution is -0.124. The number of nitrogens with one attached hydrogen (secondary N) is 1. The van der Waals surface area contributed by atoms with Crippen LogP contribution in [0.1, 0.15) is 27.5 Å². The summed E-state index contributed by atoms with van der Waals surface area (Å²) in [5.74, 6) is -0.434. The van der Waals surface area contributed by atoms with Crippen LogP contribution in [0.2, 0.25) is 5.15 Å². The zero-order chi connectivity index (χ0) is 20.6. The van der Waals surface area contributed by atoms with Crippen LogP contribution in [-0.4, -0.2) is 30.6 Å². The average molecular weight is 411 g/mol. The van der Waals surface area contributed by atoms with Crippen molar-refractivity contribution in [2.24, 2.45) is 0 Å². The second kappa shape index (κ2) is 9.71. The van der Waals surface area contributed by atoms with E-state index in [1.54, 1.807) is 13.2 Å². The number of carbonyl (C=O) groups is 2. The maximum Gasteiger partial charge on any atom is 0.341 e. The molecular weight excluding hydrogens is 392 g/mol. The van der Waals surface area contributed by atoms with Crippen LogP contribution in [0.4, 0.5) is 0 Å². The Kier molecular flexibility index (Phi) is 6.81. The molecule has 0 saturated carbocycles. The molecule has 6 nitrogen and oxygen atoms in total. The Morgan fingerprint density at radius 1 is 1.00 bits per heavy atom. The van der Waals surface area contributed by atoms with E-state index in [-0.39, 0.29) is 10.7 Å². The maximum absolute atomic E-state index is 12.5. The Hall–Kier alpha value is -3.38. The molecule has 1 N–H and O–H groups in total. The molecule has 1 aromatic heterocycles. The summed E-state index contributed by atoms with van der Waals surface area (Å²) in [5, 5.41) is 2.93. The lowest BCUT2D eigenvalue weighted by atomic mass is 9.98. The lowest BCUT2D eigenvalue weighted by Gasteiger charge is -2.20. The third kappa shape index (κ3) is 5.33. The first kappa shape index (κ1) is 20.4. The van der Waals surface area contributed by atoms with Gasteiger partial charge in [-0.2, -0.15) is 0 Å². The van der Waals surface area contributed by atoms with E-state index in [4.69, 9.17) is 21.1 Å². The van der Waals surface area contributed by atoms with Crippen LogP contribution >= 0.6 is 11.6 Å². The number of carbonyl (C=O) groups excluding carboxylic acids is 2. The number of hydrogen-bond acceptors (Lipinski definition) is 5. The zero-order valence-corrected chi connectivity index (χ0v) is 16.4. The smallest absolute Gasteiger partial charge is 0.341 e. The second-order valence-corrected chi connectivity index (χ2v) is 6.46. The van der Waals surface area contributed by atoms with Crippen LogP contribution in [0.5, 0.6) is 5.75 Å². The van der Waals surface area contributed by atoms with Crippen molar-refractivity contribution >= 4 is 23.5 Å². The van der Waals surface area contributed by atoms with E-state index in [0.29, 0.717) is 5.75 Å². The van der Waals surface area contributed by atoms with Gasteiger partial charge in [-0.15, -0.1) is 0 Å². The predicted molar refractivity (Wildman–Crippen MR) is 109 cm³/mol. The fourth-order valence-corrected chi connectivity index (χ4v) is 2.95. The number of halogens is 1. The molecular formula is C22H19ClN2O4. The normalized spacial score (nSPS) is 11.4. The van der Waals surface area contributed by atoms with Crippen molar-refractivity contribution in [3.63, 3.8) is 0 Å². The van der Waals surface area contributed by atoms with Crippen molar-refractivity contribution in [2.45, 2.75) is 6.04 Å². The Bertz CT molecular complexity index is 978. The molecule has 0 saturated heterocycles. The van der Waals surface area contributed by atoms with Gasteiger partial charge in [-0.1, -0.05) is 54.1 Å². The standard InChI is InChI=1S/C22H19ClN2O4/c1-28-17-11-9-16(10-12-17)20(15-6-3-2-4-7-15)25-19(26)14-29-22(27)18-8-5-13-24-21(18)23/h2-13,20H,14H2,1H3,(H,25,26)/t20-/m0/s1. The molecule has 0 bridgehead atoms. The van der Waals surface area contributed by atoms with Gasteiger partial charge in [0.2, 0.25) is 0 Å². The van der Waals surface area contributed by atoms with Gasteiger partial charge < -0.3 is 14.8 Å². The summed E-state index contributed by atoms with van der Waals surface area (Å²) in [5.41, 5.74) is 1.87. The molecule has 0 aliphatic carbocycles. The first-order valence-corrected chi connectivity index (χ1v) is 9.22. The highest BCUT2D eigenvalue weighted by Gasteiger charge is 2.19. The minimum Gasteiger partial charge on any atom is -0.497 e. The maximum atomic E-state index is 12.5. The molecule has 148 valence electrons. The minimum atomic E-state index is -0.709. The number of pyridine rings is 1. The summed E-state index contributed by atoms with van der Waals surface area (Å²) < 4.78 is 10.3. The van der Waals surface area contributed by atoms with E-state index in [0.717, 1.165) is 11.1 Å². The molecule has 1 atom stereocenters. The molecule has 1 amide bonds. The topological polar surface area (TPSA) is 77.5 Å². The third-order valence-corrected chi connectivity index (χ3v) is 4.50. The van der Waals surface area contributed by atoms with E-state index in [9.17, 15) is 9.59 Å². The SMILES string of the molecule is COc1ccc([C@@H](NC(=O)COC(=O)c2cccnc2Cl)c2ccccc2)cc1. The summed E-state index contributed by atoms with van der Waals surface area (Å²) in [4.78, 5) is 28.4. The summed E-state index contributed by atoms with van der Waals surface area (Å²) in [6.45, 7) is -0.441. The van der Waals surface area contributed by atoms with Crippen LogP contribution in [0, 0.1) is 0 Å². The van der Waals surface area contributed by atoms with Gasteiger partial charge in [-0.25, -0.2) is 9.78 Å². The van der Waals surface area contributed by atoms with E-state index in [2.05, 4.69) is 10.3 Å². The largest absolute Gasteiger partial charge is 0.497 e. The van der Waals surface area contributed by atoms with Crippen LogP contribution < -0.4 is 10.1 Å². The fraction of sp³-hybridized carbons (Fsp3) is 0.136. The van der Waals surface area contributed by atoms with Crippen LogP contribution in [-0.2, 0) is 9.53 Å². The quantitative estimate of drug-likeness (QED) is 0.473. The van der Waals surface area contributed by atoms with Crippen LogP contribution in [0.15, 0.2) is 72.9 Å². The molecule has 0 unspecified atom stereocenters. The summed E-state index contributed by atoms with van der Waals surface area (Å²) in [7, 11) is 1.59. The van der Waals surface area contributed by atoms with E-state index in [1.165, 1.54) is 12.3 Å². The van der Waals surface area contributed by atoms with Gasteiger partial charge >= 0.3 is 5.97 Å². The molecule has 1 heterocycles. The number of aromatic nitrogens is 1. The number of ether oxygens (including phenoxy) is 2. The van der Waals surface area contributed by atoms with Gasteiger partial charge in [0.25, 0.3) is 5.91 Å². The minimum absolute atomic E-state index is 0.0262. The molecule has 3 aromatic rings. The van der Waals surface area contributed by atoms with Gasteiger partial charge in [0.1, 0.15) is 10.9 Å². The first-order valence-electron chi connectivity index (χ1n) is 8.84. The zero-order valence-electron chi connectivity index (χ0n) is 15.7. The van der Waals surface area contributed by atoms with Crippen molar-refractivity contribution in [2.75, 3.05) is 13.7 Å². The number of amides is 1. The van der Waals surface area contributed by atoms with E-state index >= 15 is 0 Å². The lowest BCUT2D eigenvalue weighted by Crippen LogP contribution is -2.33. The third-order valence-electron chi connectivity index (χ3n) is 4.20. The molecule has 29 heavy (non-hydrogen) atoms. The first-order chi connectivity index (χ1) is 14.1. The van der Waals surface area contributed by atoms with Crippen molar-refractivity contribution in [3.05, 3.63) is 94.8 Å². The van der Waals surface area contributed by atoms with Gasteiger partial charge in [-0.3, -0.25) is 4.79 Å². The fourth-order valence-electron chi connectivity index (χ4n) is 2.75. The Balaban J connectivity index is 1.71. The number of nitrogens with zero attached hydrogens (tertiary/aromatic N) is 1. The number of esters is 1. The summed E-state index contributed by atoms with van der Waals surface area (Å²) in [6, 6.07) is 19.5. The molecule has 0 aliphatic rings. The van der Waals surface area contributed by atoms with Gasteiger partial charge in [-0.05, 0) is 35.4 Å². The number of methoxy groups -OCH3 is 1. The van der Waals surface area contributed by atoms with Crippen molar-refractivity contribution < 1.29 is 19.1 Å². The molecule has 7 heteroatoms. The van der Waals surface area contributed by atoms with E-state index < -0.39 is 24.5 Å². The van der Waals surface area contributed by atoms with Crippen LogP contribution in [0.25, 0.3) is 0 Å². The molecule has 0 radical (unpaired) electrons. The van der Waals surface area contributed by atoms with E-state index in [1.807, 2.05) is 54.6 Å². The van der Waals surface area contributed by atoms with Gasteiger partial charge in [0.05, 0.1) is 18.7 Å². The van der Waals surface area contributed by atoms with Crippen molar-refractivity contribution in [1.82, 2.24) is 10.3 Å².